The molecule has 1 saturated heterocycles. The Morgan fingerprint density at radius 3 is 2.35 bits per heavy atom. The molecule has 1 aliphatic heterocycles. The predicted molar refractivity (Wildman–Crippen MR) is 90.9 cm³/mol. The fourth-order valence-electron chi connectivity index (χ4n) is 2.92. The minimum Gasteiger partial charge on any atom is -0.350 e. The van der Waals surface area contributed by atoms with Crippen LogP contribution in [0.3, 0.4) is 0 Å². The zero-order chi connectivity index (χ0) is 17.0. The lowest BCUT2D eigenvalue weighted by molar-refractivity contribution is -0.123. The van der Waals surface area contributed by atoms with E-state index in [-0.39, 0.29) is 11.9 Å². The maximum absolute atomic E-state index is 12.2. The van der Waals surface area contributed by atoms with E-state index in [1.807, 2.05) is 6.92 Å². The van der Waals surface area contributed by atoms with Gasteiger partial charge in [-0.1, -0.05) is 12.1 Å². The lowest BCUT2D eigenvalue weighted by Crippen LogP contribution is -2.34. The highest BCUT2D eigenvalue weighted by Crippen LogP contribution is 2.21. The van der Waals surface area contributed by atoms with E-state index in [2.05, 4.69) is 17.3 Å². The van der Waals surface area contributed by atoms with Crippen molar-refractivity contribution in [3.05, 3.63) is 29.8 Å². The molecule has 0 spiro atoms. The predicted octanol–water partition coefficient (Wildman–Crippen LogP) is 2.00. The van der Waals surface area contributed by atoms with Crippen molar-refractivity contribution in [1.29, 1.82) is 0 Å². The number of carbonyl (C=O) groups excluding carboxylic acids is 1. The van der Waals surface area contributed by atoms with E-state index in [0.29, 0.717) is 17.2 Å². The van der Waals surface area contributed by atoms with Gasteiger partial charge in [-0.3, -0.25) is 4.79 Å². The van der Waals surface area contributed by atoms with Crippen LogP contribution < -0.4 is 5.32 Å². The molecule has 2 rings (SSSR count). The van der Waals surface area contributed by atoms with E-state index in [0.717, 1.165) is 31.5 Å². The smallest absolute Gasteiger partial charge is 0.220 e. The Kier molecular flexibility index (Phi) is 5.81. The van der Waals surface area contributed by atoms with Crippen molar-refractivity contribution in [3.63, 3.8) is 0 Å². The van der Waals surface area contributed by atoms with E-state index in [4.69, 9.17) is 0 Å². The van der Waals surface area contributed by atoms with Gasteiger partial charge in [-0.15, -0.1) is 0 Å². The monoisotopic (exact) mass is 338 g/mol. The quantitative estimate of drug-likeness (QED) is 0.892. The van der Waals surface area contributed by atoms with Gasteiger partial charge in [-0.25, -0.2) is 8.42 Å². The second-order valence-corrected chi connectivity index (χ2v) is 8.60. The van der Waals surface area contributed by atoms with Gasteiger partial charge in [0.1, 0.15) is 0 Å². The molecule has 1 fully saturated rings. The zero-order valence-corrected chi connectivity index (χ0v) is 14.9. The fourth-order valence-corrected chi connectivity index (χ4v) is 3.55. The number of hydrogen-bond donors (Lipinski definition) is 1. The third-order valence-corrected chi connectivity index (χ3v) is 5.63. The van der Waals surface area contributed by atoms with Crippen LogP contribution in [-0.4, -0.2) is 45.6 Å². The summed E-state index contributed by atoms with van der Waals surface area (Å²) >= 11 is 0. The average molecular weight is 338 g/mol. The van der Waals surface area contributed by atoms with Crippen molar-refractivity contribution >= 4 is 15.7 Å². The molecular weight excluding hydrogens is 312 g/mol. The molecular formula is C17H26N2O3S. The van der Waals surface area contributed by atoms with Crippen LogP contribution >= 0.6 is 0 Å². The Hall–Kier alpha value is -1.40. The molecule has 1 N–H and O–H groups in total. The van der Waals surface area contributed by atoms with Crippen molar-refractivity contribution in [1.82, 2.24) is 10.2 Å². The van der Waals surface area contributed by atoms with E-state index in [1.54, 1.807) is 24.3 Å². The highest BCUT2D eigenvalue weighted by atomic mass is 32.2. The summed E-state index contributed by atoms with van der Waals surface area (Å²) in [4.78, 5) is 14.8. The van der Waals surface area contributed by atoms with E-state index >= 15 is 0 Å². The zero-order valence-electron chi connectivity index (χ0n) is 14.1. The molecule has 1 heterocycles. The van der Waals surface area contributed by atoms with E-state index < -0.39 is 9.84 Å². The molecule has 0 aromatic heterocycles. The van der Waals surface area contributed by atoms with Crippen molar-refractivity contribution in [2.24, 2.45) is 5.92 Å². The van der Waals surface area contributed by atoms with Gasteiger partial charge in [0.25, 0.3) is 0 Å². The number of amides is 1. The molecule has 23 heavy (non-hydrogen) atoms. The molecule has 6 heteroatoms. The van der Waals surface area contributed by atoms with Crippen LogP contribution in [0.15, 0.2) is 29.2 Å². The van der Waals surface area contributed by atoms with Crippen molar-refractivity contribution < 1.29 is 13.2 Å². The summed E-state index contributed by atoms with van der Waals surface area (Å²) in [5.74, 6) is 0.533. The number of sulfone groups is 1. The third-order valence-electron chi connectivity index (χ3n) is 4.50. The Morgan fingerprint density at radius 1 is 1.26 bits per heavy atom. The first-order chi connectivity index (χ1) is 10.8. The van der Waals surface area contributed by atoms with Crippen LogP contribution in [0.2, 0.25) is 0 Å². The van der Waals surface area contributed by atoms with Gasteiger partial charge in [-0.05, 0) is 63.5 Å². The minimum atomic E-state index is -3.18. The summed E-state index contributed by atoms with van der Waals surface area (Å²) in [6, 6.07) is 6.57. The Bertz CT molecular complexity index is 632. The summed E-state index contributed by atoms with van der Waals surface area (Å²) in [5.41, 5.74) is 0.911. The molecule has 0 radical (unpaired) electrons. The number of carbonyl (C=O) groups is 1. The number of rotatable bonds is 5. The lowest BCUT2D eigenvalue weighted by Gasteiger charge is -2.28. The summed E-state index contributed by atoms with van der Waals surface area (Å²) in [7, 11) is -1.07. The molecule has 0 aliphatic carbocycles. The summed E-state index contributed by atoms with van der Waals surface area (Å²) < 4.78 is 22.9. The lowest BCUT2D eigenvalue weighted by atomic mass is 9.93. The molecule has 1 aliphatic rings. The highest BCUT2D eigenvalue weighted by Gasteiger charge is 2.20. The van der Waals surface area contributed by atoms with Gasteiger partial charge >= 0.3 is 0 Å². The molecule has 0 saturated carbocycles. The number of likely N-dealkylation sites (tertiary alicyclic amines) is 1. The Morgan fingerprint density at radius 2 is 1.83 bits per heavy atom. The van der Waals surface area contributed by atoms with Crippen LogP contribution in [0.25, 0.3) is 0 Å². The van der Waals surface area contributed by atoms with Gasteiger partial charge < -0.3 is 10.2 Å². The molecule has 0 bridgehead atoms. The van der Waals surface area contributed by atoms with Gasteiger partial charge in [0.15, 0.2) is 9.84 Å². The van der Waals surface area contributed by atoms with Crippen LogP contribution in [0.5, 0.6) is 0 Å². The summed E-state index contributed by atoms with van der Waals surface area (Å²) in [5, 5.41) is 3.01. The first-order valence-electron chi connectivity index (χ1n) is 8.03. The van der Waals surface area contributed by atoms with Gasteiger partial charge in [-0.2, -0.15) is 0 Å². The number of piperidine rings is 1. The highest BCUT2D eigenvalue weighted by molar-refractivity contribution is 7.90. The normalized spacial score (nSPS) is 18.6. The SMILES string of the molecule is C[C@@H](NC(=O)CC1CCN(C)CC1)c1ccc(S(C)(=O)=O)cc1. The first-order valence-corrected chi connectivity index (χ1v) is 9.93. The molecule has 1 atom stereocenters. The molecule has 1 amide bonds. The maximum atomic E-state index is 12.2. The number of hydrogen-bond acceptors (Lipinski definition) is 4. The number of benzene rings is 1. The molecule has 1 aromatic rings. The second kappa shape index (κ2) is 7.45. The Labute approximate surface area is 139 Å². The largest absolute Gasteiger partial charge is 0.350 e. The van der Waals surface area contributed by atoms with E-state index in [9.17, 15) is 13.2 Å². The maximum Gasteiger partial charge on any atom is 0.220 e. The van der Waals surface area contributed by atoms with Gasteiger partial charge in [0.05, 0.1) is 10.9 Å². The van der Waals surface area contributed by atoms with Gasteiger partial charge in [0, 0.05) is 12.7 Å². The standard InChI is InChI=1S/C17H26N2O3S/c1-13(15-4-6-16(7-5-15)23(3,21)22)18-17(20)12-14-8-10-19(2)11-9-14/h4-7,13-14H,8-12H2,1-3H3,(H,18,20)/t13-/m1/s1. The average Bonchev–Trinajstić information content (AvgIpc) is 2.49. The van der Waals surface area contributed by atoms with Crippen LogP contribution in [0, 0.1) is 5.92 Å². The van der Waals surface area contributed by atoms with E-state index in [1.165, 1.54) is 6.26 Å². The molecule has 1 aromatic carbocycles. The van der Waals surface area contributed by atoms with Crippen molar-refractivity contribution in [3.8, 4) is 0 Å². The van der Waals surface area contributed by atoms with Crippen molar-refractivity contribution in [2.75, 3.05) is 26.4 Å². The van der Waals surface area contributed by atoms with Gasteiger partial charge in [0.2, 0.25) is 5.91 Å². The van der Waals surface area contributed by atoms with Crippen LogP contribution in [0.1, 0.15) is 37.8 Å². The second-order valence-electron chi connectivity index (χ2n) is 6.58. The minimum absolute atomic E-state index is 0.0687. The number of nitrogens with zero attached hydrogens (tertiary/aromatic N) is 1. The van der Waals surface area contributed by atoms with Crippen LogP contribution in [-0.2, 0) is 14.6 Å². The first kappa shape index (κ1) is 17.9. The molecule has 5 nitrogen and oxygen atoms in total. The third kappa shape index (κ3) is 5.32. The van der Waals surface area contributed by atoms with Crippen molar-refractivity contribution in [2.45, 2.75) is 37.1 Å². The summed E-state index contributed by atoms with van der Waals surface area (Å²) in [6.45, 7) is 4.03. The molecule has 0 unspecified atom stereocenters. The van der Waals surface area contributed by atoms with Crippen LogP contribution in [0.4, 0.5) is 0 Å². The summed E-state index contributed by atoms with van der Waals surface area (Å²) in [6.07, 6.45) is 3.90. The molecule has 128 valence electrons. The topological polar surface area (TPSA) is 66.5 Å². The fraction of sp³-hybridized carbons (Fsp3) is 0.588. The number of nitrogens with one attached hydrogen (secondary N) is 1. The Balaban J connectivity index is 1.88.